The molecule has 0 aliphatic carbocycles. The van der Waals surface area contributed by atoms with Crippen molar-refractivity contribution in [1.29, 1.82) is 0 Å². The number of rotatable bonds is 3. The molecular formula is C13H12BrClN2O. The third-order valence-electron chi connectivity index (χ3n) is 2.58. The minimum absolute atomic E-state index is 0.0268. The van der Waals surface area contributed by atoms with Crippen LogP contribution in [0, 0.1) is 0 Å². The predicted octanol–water partition coefficient (Wildman–Crippen LogP) is 3.41. The molecule has 0 spiro atoms. The van der Waals surface area contributed by atoms with Crippen molar-refractivity contribution in [2.45, 2.75) is 6.54 Å². The summed E-state index contributed by atoms with van der Waals surface area (Å²) in [6.07, 6.45) is 1.76. The zero-order chi connectivity index (χ0) is 13.1. The number of hydrogen-bond donors (Lipinski definition) is 1. The summed E-state index contributed by atoms with van der Waals surface area (Å²) in [4.78, 5) is 11.3. The molecule has 5 heteroatoms. The average Bonchev–Trinajstić information content (AvgIpc) is 2.34. The van der Waals surface area contributed by atoms with Gasteiger partial charge in [-0.25, -0.2) is 0 Å². The number of aryl methyl sites for hydroxylation is 1. The van der Waals surface area contributed by atoms with E-state index in [1.165, 1.54) is 10.6 Å². The van der Waals surface area contributed by atoms with E-state index in [1.807, 2.05) is 18.2 Å². The van der Waals surface area contributed by atoms with Crippen LogP contribution in [0.2, 0.25) is 5.02 Å². The number of hydrogen-bond acceptors (Lipinski definition) is 2. The minimum Gasteiger partial charge on any atom is -0.380 e. The van der Waals surface area contributed by atoms with Gasteiger partial charge in [-0.1, -0.05) is 27.5 Å². The quantitative estimate of drug-likeness (QED) is 0.937. The van der Waals surface area contributed by atoms with Crippen LogP contribution in [0.15, 0.2) is 45.8 Å². The summed E-state index contributed by atoms with van der Waals surface area (Å²) in [5.41, 5.74) is 1.86. The molecule has 94 valence electrons. The van der Waals surface area contributed by atoms with E-state index in [2.05, 4.69) is 21.2 Å². The maximum Gasteiger partial charge on any atom is 0.250 e. The van der Waals surface area contributed by atoms with Crippen molar-refractivity contribution in [2.75, 3.05) is 5.32 Å². The normalized spacial score (nSPS) is 10.4. The van der Waals surface area contributed by atoms with Crippen molar-refractivity contribution >= 4 is 33.2 Å². The van der Waals surface area contributed by atoms with E-state index in [9.17, 15) is 4.79 Å². The summed E-state index contributed by atoms with van der Waals surface area (Å²) >= 11 is 9.51. The lowest BCUT2D eigenvalue weighted by molar-refractivity contribution is 0.859. The largest absolute Gasteiger partial charge is 0.380 e. The molecule has 0 aliphatic heterocycles. The van der Waals surface area contributed by atoms with Gasteiger partial charge in [0.15, 0.2) is 0 Å². The highest BCUT2D eigenvalue weighted by molar-refractivity contribution is 9.10. The minimum atomic E-state index is -0.0268. The third kappa shape index (κ3) is 3.15. The van der Waals surface area contributed by atoms with E-state index < -0.39 is 0 Å². The van der Waals surface area contributed by atoms with Gasteiger partial charge in [-0.15, -0.1) is 0 Å². The van der Waals surface area contributed by atoms with Gasteiger partial charge in [0.1, 0.15) is 0 Å². The Morgan fingerprint density at radius 1 is 1.33 bits per heavy atom. The topological polar surface area (TPSA) is 34.0 Å². The molecule has 0 aliphatic rings. The Morgan fingerprint density at radius 3 is 2.83 bits per heavy atom. The molecule has 0 atom stereocenters. The number of nitrogens with one attached hydrogen (secondary N) is 1. The second kappa shape index (κ2) is 5.59. The van der Waals surface area contributed by atoms with Crippen LogP contribution in [0.25, 0.3) is 0 Å². The number of halogens is 2. The maximum atomic E-state index is 11.3. The summed E-state index contributed by atoms with van der Waals surface area (Å²) in [5, 5.41) is 3.95. The van der Waals surface area contributed by atoms with Crippen LogP contribution in [0.4, 0.5) is 5.69 Å². The van der Waals surface area contributed by atoms with E-state index in [4.69, 9.17) is 11.6 Å². The maximum absolute atomic E-state index is 11.3. The second-order valence-corrected chi connectivity index (χ2v) is 5.28. The standard InChI is InChI=1S/C13H12BrClN2O/c1-17-8-11(3-5-13(17)18)16-7-9-6-10(14)2-4-12(9)15/h2-6,8,16H,7H2,1H3. The molecule has 0 amide bonds. The van der Waals surface area contributed by atoms with Crippen LogP contribution in [0.5, 0.6) is 0 Å². The molecule has 0 fully saturated rings. The fourth-order valence-electron chi connectivity index (χ4n) is 1.57. The number of benzene rings is 1. The highest BCUT2D eigenvalue weighted by atomic mass is 79.9. The summed E-state index contributed by atoms with van der Waals surface area (Å²) < 4.78 is 2.52. The SMILES string of the molecule is Cn1cc(NCc2cc(Br)ccc2Cl)ccc1=O. The molecule has 3 nitrogen and oxygen atoms in total. The second-order valence-electron chi connectivity index (χ2n) is 3.96. The number of nitrogens with zero attached hydrogens (tertiary/aromatic N) is 1. The van der Waals surface area contributed by atoms with Gasteiger partial charge in [0, 0.05) is 35.4 Å². The Balaban J connectivity index is 2.13. The lowest BCUT2D eigenvalue weighted by Gasteiger charge is -2.09. The molecule has 1 N–H and O–H groups in total. The van der Waals surface area contributed by atoms with Gasteiger partial charge in [0.05, 0.1) is 5.69 Å². The van der Waals surface area contributed by atoms with Crippen LogP contribution in [0.3, 0.4) is 0 Å². The van der Waals surface area contributed by atoms with Gasteiger partial charge < -0.3 is 9.88 Å². The van der Waals surface area contributed by atoms with Crippen LogP contribution >= 0.6 is 27.5 Å². The van der Waals surface area contributed by atoms with E-state index >= 15 is 0 Å². The summed E-state index contributed by atoms with van der Waals surface area (Å²) in [5.74, 6) is 0. The van der Waals surface area contributed by atoms with E-state index in [1.54, 1.807) is 19.3 Å². The van der Waals surface area contributed by atoms with Gasteiger partial charge >= 0.3 is 0 Å². The van der Waals surface area contributed by atoms with Crippen LogP contribution in [-0.4, -0.2) is 4.57 Å². The van der Waals surface area contributed by atoms with Crippen molar-refractivity contribution in [2.24, 2.45) is 7.05 Å². The third-order valence-corrected chi connectivity index (χ3v) is 3.44. The molecule has 2 rings (SSSR count). The van der Waals surface area contributed by atoms with Crippen LogP contribution in [0.1, 0.15) is 5.56 Å². The van der Waals surface area contributed by atoms with Gasteiger partial charge in [-0.05, 0) is 29.8 Å². The zero-order valence-corrected chi connectivity index (χ0v) is 12.1. The van der Waals surface area contributed by atoms with Gasteiger partial charge in [-0.3, -0.25) is 4.79 Å². The zero-order valence-electron chi connectivity index (χ0n) is 9.78. The first kappa shape index (κ1) is 13.2. The first-order chi connectivity index (χ1) is 8.56. The van der Waals surface area contributed by atoms with Crippen molar-refractivity contribution < 1.29 is 0 Å². The Morgan fingerprint density at radius 2 is 2.11 bits per heavy atom. The molecule has 0 radical (unpaired) electrons. The smallest absolute Gasteiger partial charge is 0.250 e. The lowest BCUT2D eigenvalue weighted by atomic mass is 10.2. The fraction of sp³-hybridized carbons (Fsp3) is 0.154. The predicted molar refractivity (Wildman–Crippen MR) is 78.2 cm³/mol. The molecule has 1 aromatic heterocycles. The lowest BCUT2D eigenvalue weighted by Crippen LogP contribution is -2.15. The van der Waals surface area contributed by atoms with Gasteiger partial charge in [-0.2, -0.15) is 0 Å². The van der Waals surface area contributed by atoms with E-state index in [0.717, 1.165) is 20.7 Å². The highest BCUT2D eigenvalue weighted by Crippen LogP contribution is 2.21. The number of pyridine rings is 1. The molecule has 1 heterocycles. The summed E-state index contributed by atoms with van der Waals surface area (Å²) in [6.45, 7) is 0.608. The number of aromatic nitrogens is 1. The first-order valence-electron chi connectivity index (χ1n) is 5.41. The summed E-state index contributed by atoms with van der Waals surface area (Å²) in [7, 11) is 1.72. The fourth-order valence-corrected chi connectivity index (χ4v) is 2.17. The molecule has 0 bridgehead atoms. The van der Waals surface area contributed by atoms with Crippen molar-refractivity contribution in [3.63, 3.8) is 0 Å². The van der Waals surface area contributed by atoms with Crippen molar-refractivity contribution in [3.8, 4) is 0 Å². The molecule has 0 unspecified atom stereocenters. The van der Waals surface area contributed by atoms with E-state index in [0.29, 0.717) is 6.54 Å². The first-order valence-corrected chi connectivity index (χ1v) is 6.58. The average molecular weight is 328 g/mol. The van der Waals surface area contributed by atoms with Crippen molar-refractivity contribution in [1.82, 2.24) is 4.57 Å². The Bertz CT molecular complexity index is 625. The molecule has 18 heavy (non-hydrogen) atoms. The Kier molecular flexibility index (Phi) is 4.09. The summed E-state index contributed by atoms with van der Waals surface area (Å²) in [6, 6.07) is 9.01. The Labute approximate surface area is 119 Å². The molecule has 0 saturated carbocycles. The molecule has 2 aromatic rings. The Hall–Kier alpha value is -1.26. The van der Waals surface area contributed by atoms with Gasteiger partial charge in [0.2, 0.25) is 5.56 Å². The van der Waals surface area contributed by atoms with E-state index in [-0.39, 0.29) is 5.56 Å². The van der Waals surface area contributed by atoms with Gasteiger partial charge in [0.25, 0.3) is 0 Å². The molecule has 1 aromatic carbocycles. The molecular weight excluding hydrogens is 316 g/mol. The van der Waals surface area contributed by atoms with Crippen LogP contribution in [-0.2, 0) is 13.6 Å². The number of anilines is 1. The van der Waals surface area contributed by atoms with Crippen LogP contribution < -0.4 is 10.9 Å². The van der Waals surface area contributed by atoms with Crippen molar-refractivity contribution in [3.05, 3.63) is 61.9 Å². The monoisotopic (exact) mass is 326 g/mol. The highest BCUT2D eigenvalue weighted by Gasteiger charge is 2.01. The molecule has 0 saturated heterocycles.